The number of esters is 1. The van der Waals surface area contributed by atoms with Crippen molar-refractivity contribution in [2.45, 2.75) is 59.0 Å². The van der Waals surface area contributed by atoms with Crippen LogP contribution in [0, 0.1) is 5.41 Å². The number of carbonyl (C=O) groups excluding carboxylic acids is 2. The molecule has 3 heteroatoms. The molecule has 0 aliphatic heterocycles. The van der Waals surface area contributed by atoms with E-state index in [0.29, 0.717) is 6.42 Å². The predicted molar refractivity (Wildman–Crippen MR) is 66.6 cm³/mol. The third-order valence-electron chi connectivity index (χ3n) is 3.43. The van der Waals surface area contributed by atoms with Crippen molar-refractivity contribution in [3.05, 3.63) is 12.2 Å². The molecule has 3 nitrogen and oxygen atoms in total. The van der Waals surface area contributed by atoms with Crippen molar-refractivity contribution in [2.75, 3.05) is 0 Å². The molecule has 1 aliphatic rings. The van der Waals surface area contributed by atoms with E-state index in [0.717, 1.165) is 31.3 Å². The molecule has 0 N–H and O–H groups in total. The first-order valence-electron chi connectivity index (χ1n) is 6.31. The van der Waals surface area contributed by atoms with Gasteiger partial charge < -0.3 is 4.74 Å². The van der Waals surface area contributed by atoms with Gasteiger partial charge in [0.25, 0.3) is 0 Å². The highest BCUT2D eigenvalue weighted by molar-refractivity contribution is 6.06. The van der Waals surface area contributed by atoms with Crippen LogP contribution in [0.25, 0.3) is 0 Å². The van der Waals surface area contributed by atoms with Crippen LogP contribution in [0.1, 0.15) is 52.9 Å². The predicted octanol–water partition coefficient (Wildman–Crippen LogP) is 3.03. The van der Waals surface area contributed by atoms with Crippen LogP contribution in [0.5, 0.6) is 0 Å². The van der Waals surface area contributed by atoms with Crippen LogP contribution in [0.4, 0.5) is 0 Å². The average Bonchev–Trinajstić information content (AvgIpc) is 2.39. The standard InChI is InChI=1S/C14H22O3/c1-10(2)17-13(16)14(12(4)15)9-7-5-6-8-11(14)3/h10H,3,5-9H2,1-2,4H3/t14-/m1/s1. The van der Waals surface area contributed by atoms with Crippen LogP contribution < -0.4 is 0 Å². The number of hydrogen-bond acceptors (Lipinski definition) is 3. The van der Waals surface area contributed by atoms with Crippen molar-refractivity contribution < 1.29 is 14.3 Å². The molecule has 1 aliphatic carbocycles. The Morgan fingerprint density at radius 1 is 1.29 bits per heavy atom. The normalized spacial score (nSPS) is 25.5. The van der Waals surface area contributed by atoms with Gasteiger partial charge in [-0.25, -0.2) is 0 Å². The summed E-state index contributed by atoms with van der Waals surface area (Å²) in [5, 5.41) is 0. The number of hydrogen-bond donors (Lipinski definition) is 0. The molecule has 0 bridgehead atoms. The number of ketones is 1. The Bertz CT molecular complexity index is 330. The van der Waals surface area contributed by atoms with Gasteiger partial charge in [-0.2, -0.15) is 0 Å². The molecule has 0 aromatic heterocycles. The molecule has 0 amide bonds. The summed E-state index contributed by atoms with van der Waals surface area (Å²) in [6.07, 6.45) is 4.02. The molecule has 0 aromatic rings. The fourth-order valence-corrected chi connectivity index (χ4v) is 2.43. The van der Waals surface area contributed by atoms with E-state index in [9.17, 15) is 9.59 Å². The Morgan fingerprint density at radius 2 is 1.94 bits per heavy atom. The van der Waals surface area contributed by atoms with Crippen LogP contribution in [0.3, 0.4) is 0 Å². The van der Waals surface area contributed by atoms with Crippen molar-refractivity contribution >= 4 is 11.8 Å². The van der Waals surface area contributed by atoms with E-state index in [1.165, 1.54) is 6.92 Å². The minimum atomic E-state index is -1.08. The van der Waals surface area contributed by atoms with E-state index < -0.39 is 11.4 Å². The van der Waals surface area contributed by atoms with Crippen LogP contribution in [0.15, 0.2) is 12.2 Å². The molecule has 1 atom stereocenters. The first kappa shape index (κ1) is 13.9. The van der Waals surface area contributed by atoms with Gasteiger partial charge in [0.15, 0.2) is 5.78 Å². The van der Waals surface area contributed by atoms with Crippen LogP contribution in [-0.4, -0.2) is 17.9 Å². The highest BCUT2D eigenvalue weighted by atomic mass is 16.5. The zero-order valence-electron chi connectivity index (χ0n) is 11.0. The molecule has 1 rings (SSSR count). The van der Waals surface area contributed by atoms with Crippen molar-refractivity contribution in [2.24, 2.45) is 5.41 Å². The largest absolute Gasteiger partial charge is 0.462 e. The minimum Gasteiger partial charge on any atom is -0.462 e. The van der Waals surface area contributed by atoms with E-state index in [1.54, 1.807) is 13.8 Å². The Morgan fingerprint density at radius 3 is 2.47 bits per heavy atom. The second kappa shape index (κ2) is 5.48. The van der Waals surface area contributed by atoms with Gasteiger partial charge in [-0.3, -0.25) is 9.59 Å². The molecule has 0 unspecified atom stereocenters. The maximum absolute atomic E-state index is 12.2. The molecule has 1 saturated carbocycles. The zero-order valence-corrected chi connectivity index (χ0v) is 11.0. The van der Waals surface area contributed by atoms with Gasteiger partial charge in [0.1, 0.15) is 5.41 Å². The lowest BCUT2D eigenvalue weighted by Crippen LogP contribution is -2.41. The summed E-state index contributed by atoms with van der Waals surface area (Å²) in [6.45, 7) is 9.02. The maximum atomic E-state index is 12.2. The van der Waals surface area contributed by atoms with Gasteiger partial charge in [0, 0.05) is 0 Å². The average molecular weight is 238 g/mol. The minimum absolute atomic E-state index is 0.130. The Kier molecular flexibility index (Phi) is 4.49. The van der Waals surface area contributed by atoms with Crippen molar-refractivity contribution in [3.8, 4) is 0 Å². The summed E-state index contributed by atoms with van der Waals surface area (Å²) in [5.41, 5.74) is -0.353. The fourth-order valence-electron chi connectivity index (χ4n) is 2.43. The third-order valence-corrected chi connectivity index (χ3v) is 3.43. The van der Waals surface area contributed by atoms with Gasteiger partial charge in [-0.15, -0.1) is 0 Å². The molecule has 17 heavy (non-hydrogen) atoms. The van der Waals surface area contributed by atoms with Gasteiger partial charge in [-0.1, -0.05) is 25.0 Å². The lowest BCUT2D eigenvalue weighted by Gasteiger charge is -2.30. The molecule has 0 saturated heterocycles. The smallest absolute Gasteiger partial charge is 0.324 e. The van der Waals surface area contributed by atoms with Crippen LogP contribution in [0.2, 0.25) is 0 Å². The summed E-state index contributed by atoms with van der Waals surface area (Å²) >= 11 is 0. The quantitative estimate of drug-likeness (QED) is 0.328. The summed E-state index contributed by atoms with van der Waals surface area (Å²) in [4.78, 5) is 24.2. The molecular formula is C14H22O3. The van der Waals surface area contributed by atoms with Gasteiger partial charge >= 0.3 is 5.97 Å². The van der Waals surface area contributed by atoms with E-state index in [2.05, 4.69) is 6.58 Å². The first-order chi connectivity index (χ1) is 7.91. The van der Waals surface area contributed by atoms with Crippen molar-refractivity contribution in [3.63, 3.8) is 0 Å². The summed E-state index contributed by atoms with van der Waals surface area (Å²) in [6, 6.07) is 0. The summed E-state index contributed by atoms with van der Waals surface area (Å²) in [7, 11) is 0. The van der Waals surface area contributed by atoms with Gasteiger partial charge in [-0.05, 0) is 40.0 Å². The Hall–Kier alpha value is -1.12. The molecule has 1 fully saturated rings. The third kappa shape index (κ3) is 2.76. The second-order valence-electron chi connectivity index (χ2n) is 5.08. The monoisotopic (exact) mass is 238 g/mol. The van der Waals surface area contributed by atoms with E-state index >= 15 is 0 Å². The molecule has 96 valence electrons. The highest BCUT2D eigenvalue weighted by Crippen LogP contribution is 2.40. The summed E-state index contributed by atoms with van der Waals surface area (Å²) < 4.78 is 5.26. The highest BCUT2D eigenvalue weighted by Gasteiger charge is 2.47. The SMILES string of the molecule is C=C1CCCCC[C@@]1(C(C)=O)C(=O)OC(C)C. The van der Waals surface area contributed by atoms with Gasteiger partial charge in [0.2, 0.25) is 0 Å². The molecule has 0 heterocycles. The van der Waals surface area contributed by atoms with Crippen LogP contribution >= 0.6 is 0 Å². The Balaban J connectivity index is 3.05. The van der Waals surface area contributed by atoms with E-state index in [4.69, 9.17) is 4.74 Å². The topological polar surface area (TPSA) is 43.4 Å². The lowest BCUT2D eigenvalue weighted by atomic mass is 9.74. The van der Waals surface area contributed by atoms with E-state index in [-0.39, 0.29) is 11.9 Å². The van der Waals surface area contributed by atoms with E-state index in [1.807, 2.05) is 0 Å². The zero-order chi connectivity index (χ0) is 13.1. The van der Waals surface area contributed by atoms with Crippen molar-refractivity contribution in [1.29, 1.82) is 0 Å². The molecule has 0 aromatic carbocycles. The van der Waals surface area contributed by atoms with Gasteiger partial charge in [0.05, 0.1) is 6.10 Å². The first-order valence-corrected chi connectivity index (χ1v) is 6.31. The maximum Gasteiger partial charge on any atom is 0.324 e. The number of carbonyl (C=O) groups is 2. The van der Waals surface area contributed by atoms with Crippen LogP contribution in [-0.2, 0) is 14.3 Å². The Labute approximate surface area is 103 Å². The lowest BCUT2D eigenvalue weighted by molar-refractivity contribution is -0.161. The molecule has 0 spiro atoms. The number of ether oxygens (including phenoxy) is 1. The fraction of sp³-hybridized carbons (Fsp3) is 0.714. The molecular weight excluding hydrogens is 216 g/mol. The number of rotatable bonds is 3. The number of Topliss-reactive ketones (excluding diaryl/α,β-unsaturated/α-hetero) is 1. The van der Waals surface area contributed by atoms with Crippen molar-refractivity contribution in [1.82, 2.24) is 0 Å². The molecule has 0 radical (unpaired) electrons. The summed E-state index contributed by atoms with van der Waals surface area (Å²) in [5.74, 6) is -0.540. The second-order valence-corrected chi connectivity index (χ2v) is 5.08.